The molecule has 2 aromatic rings. The number of hydrogen-bond donors (Lipinski definition) is 0. The molecule has 0 aliphatic carbocycles. The minimum absolute atomic E-state index is 0.453. The van der Waals surface area contributed by atoms with Gasteiger partial charge in [-0.1, -0.05) is 6.07 Å². The van der Waals surface area contributed by atoms with E-state index < -0.39 is 0 Å². The Morgan fingerprint density at radius 3 is 2.87 bits per heavy atom. The smallest absolute Gasteiger partial charge is 0.213 e. The lowest BCUT2D eigenvalue weighted by Gasteiger charge is -1.99. The van der Waals surface area contributed by atoms with Crippen molar-refractivity contribution in [1.29, 1.82) is 0 Å². The molecule has 4 nitrogen and oxygen atoms in total. The van der Waals surface area contributed by atoms with E-state index in [0.29, 0.717) is 22.3 Å². The van der Waals surface area contributed by atoms with Crippen molar-refractivity contribution in [3.63, 3.8) is 0 Å². The van der Waals surface area contributed by atoms with E-state index in [4.69, 9.17) is 4.74 Å². The molecule has 0 spiro atoms. The minimum atomic E-state index is 0.453. The topological polar surface area (TPSA) is 52.1 Å². The Bertz CT molecular complexity index is 482. The van der Waals surface area contributed by atoms with Crippen LogP contribution >= 0.6 is 11.3 Å². The fraction of sp³-hybridized carbons (Fsp3) is 0.100. The Morgan fingerprint density at radius 2 is 2.20 bits per heavy atom. The first-order valence-electron chi connectivity index (χ1n) is 4.25. The third-order valence-corrected chi connectivity index (χ3v) is 2.59. The number of aldehydes is 1. The molecular formula is C10H8N2O2S. The molecule has 76 valence electrons. The average Bonchev–Trinajstić information content (AvgIpc) is 2.78. The number of aromatic nitrogens is 2. The fourth-order valence-corrected chi connectivity index (χ4v) is 1.74. The zero-order chi connectivity index (χ0) is 10.7. The van der Waals surface area contributed by atoms with Crippen molar-refractivity contribution in [2.24, 2.45) is 0 Å². The van der Waals surface area contributed by atoms with Crippen molar-refractivity contribution >= 4 is 17.6 Å². The van der Waals surface area contributed by atoms with E-state index in [9.17, 15) is 4.79 Å². The lowest BCUT2D eigenvalue weighted by Crippen LogP contribution is -1.89. The highest BCUT2D eigenvalue weighted by Gasteiger charge is 2.05. The number of nitrogens with zero attached hydrogens (tertiary/aromatic N) is 2. The zero-order valence-electron chi connectivity index (χ0n) is 8.01. The van der Waals surface area contributed by atoms with Crippen molar-refractivity contribution in [1.82, 2.24) is 9.97 Å². The lowest BCUT2D eigenvalue weighted by atomic mass is 10.3. The molecule has 0 aromatic carbocycles. The number of carbonyl (C=O) groups is 1. The molecule has 5 heteroatoms. The van der Waals surface area contributed by atoms with Gasteiger partial charge in [0.15, 0.2) is 11.3 Å². The normalized spacial score (nSPS) is 9.93. The standard InChI is InChI=1S/C10H8N2O2S/c1-14-9-4-2-3-7(11-9)8-6-15-10(5-13)12-8/h2-6H,1H3. The van der Waals surface area contributed by atoms with Crippen LogP contribution in [0.25, 0.3) is 11.4 Å². The molecule has 0 amide bonds. The second-order valence-electron chi connectivity index (χ2n) is 2.75. The van der Waals surface area contributed by atoms with Gasteiger partial charge in [-0.25, -0.2) is 9.97 Å². The van der Waals surface area contributed by atoms with E-state index in [1.165, 1.54) is 11.3 Å². The van der Waals surface area contributed by atoms with E-state index >= 15 is 0 Å². The Kier molecular flexibility index (Phi) is 2.73. The van der Waals surface area contributed by atoms with Gasteiger partial charge in [-0.2, -0.15) is 0 Å². The molecule has 0 aliphatic heterocycles. The van der Waals surface area contributed by atoms with Gasteiger partial charge in [-0.15, -0.1) is 11.3 Å². The molecule has 0 N–H and O–H groups in total. The third kappa shape index (κ3) is 2.02. The Hall–Kier alpha value is -1.75. The lowest BCUT2D eigenvalue weighted by molar-refractivity contribution is 0.112. The summed E-state index contributed by atoms with van der Waals surface area (Å²) in [5.74, 6) is 0.535. The van der Waals surface area contributed by atoms with Crippen molar-refractivity contribution in [3.8, 4) is 17.3 Å². The predicted octanol–water partition coefficient (Wildman–Crippen LogP) is 2.03. The van der Waals surface area contributed by atoms with Gasteiger partial charge in [0, 0.05) is 11.4 Å². The van der Waals surface area contributed by atoms with Gasteiger partial charge in [0.2, 0.25) is 5.88 Å². The maximum Gasteiger partial charge on any atom is 0.213 e. The van der Waals surface area contributed by atoms with Crippen LogP contribution in [0.3, 0.4) is 0 Å². The average molecular weight is 220 g/mol. The van der Waals surface area contributed by atoms with Crippen LogP contribution in [-0.4, -0.2) is 23.4 Å². The highest BCUT2D eigenvalue weighted by atomic mass is 32.1. The van der Waals surface area contributed by atoms with Gasteiger partial charge >= 0.3 is 0 Å². The molecule has 0 bridgehead atoms. The number of hydrogen-bond acceptors (Lipinski definition) is 5. The molecule has 2 heterocycles. The first kappa shape index (κ1) is 9.79. The largest absolute Gasteiger partial charge is 0.481 e. The van der Waals surface area contributed by atoms with Crippen LogP contribution < -0.4 is 4.74 Å². The number of methoxy groups -OCH3 is 1. The minimum Gasteiger partial charge on any atom is -0.481 e. The molecule has 0 radical (unpaired) electrons. The molecule has 0 saturated heterocycles. The van der Waals surface area contributed by atoms with Crippen LogP contribution in [0.15, 0.2) is 23.6 Å². The van der Waals surface area contributed by atoms with E-state index in [2.05, 4.69) is 9.97 Å². The second-order valence-corrected chi connectivity index (χ2v) is 3.64. The van der Waals surface area contributed by atoms with Crippen molar-refractivity contribution in [3.05, 3.63) is 28.6 Å². The predicted molar refractivity (Wildman–Crippen MR) is 57.3 cm³/mol. The summed E-state index contributed by atoms with van der Waals surface area (Å²) in [5, 5.41) is 2.25. The monoisotopic (exact) mass is 220 g/mol. The van der Waals surface area contributed by atoms with Gasteiger partial charge in [-0.05, 0) is 6.07 Å². The number of carbonyl (C=O) groups excluding carboxylic acids is 1. The quantitative estimate of drug-likeness (QED) is 0.742. The van der Waals surface area contributed by atoms with Gasteiger partial charge in [0.25, 0.3) is 0 Å². The SMILES string of the molecule is COc1cccc(-c2csc(C=O)n2)n1. The first-order chi connectivity index (χ1) is 7.33. The van der Waals surface area contributed by atoms with Crippen LogP contribution in [0, 0.1) is 0 Å². The molecule has 15 heavy (non-hydrogen) atoms. The maximum absolute atomic E-state index is 10.5. The molecule has 2 aromatic heterocycles. The van der Waals surface area contributed by atoms with Crippen LogP contribution in [0.5, 0.6) is 5.88 Å². The summed E-state index contributed by atoms with van der Waals surface area (Å²) in [5.41, 5.74) is 1.40. The van der Waals surface area contributed by atoms with Gasteiger partial charge in [-0.3, -0.25) is 4.79 Å². The molecule has 0 fully saturated rings. The summed E-state index contributed by atoms with van der Waals surface area (Å²) in [6.45, 7) is 0. The molecule has 2 rings (SSSR count). The van der Waals surface area contributed by atoms with Gasteiger partial charge in [0.05, 0.1) is 12.8 Å². The van der Waals surface area contributed by atoms with Crippen LogP contribution in [0.1, 0.15) is 9.80 Å². The summed E-state index contributed by atoms with van der Waals surface area (Å²) in [4.78, 5) is 18.8. The van der Waals surface area contributed by atoms with Crippen molar-refractivity contribution in [2.75, 3.05) is 7.11 Å². The molecule has 0 unspecified atom stereocenters. The summed E-state index contributed by atoms with van der Waals surface area (Å²) in [6, 6.07) is 5.42. The van der Waals surface area contributed by atoms with Crippen molar-refractivity contribution in [2.45, 2.75) is 0 Å². The fourth-order valence-electron chi connectivity index (χ4n) is 1.13. The highest BCUT2D eigenvalue weighted by molar-refractivity contribution is 7.11. The van der Waals surface area contributed by atoms with Crippen LogP contribution in [0.4, 0.5) is 0 Å². The molecular weight excluding hydrogens is 212 g/mol. The number of ether oxygens (including phenoxy) is 1. The Balaban J connectivity index is 2.39. The van der Waals surface area contributed by atoms with Gasteiger partial charge in [0.1, 0.15) is 5.69 Å². The summed E-state index contributed by atoms with van der Waals surface area (Å²) in [7, 11) is 1.56. The number of rotatable bonds is 3. The second kappa shape index (κ2) is 4.18. The van der Waals surface area contributed by atoms with E-state index in [1.54, 1.807) is 18.6 Å². The molecule has 0 atom stereocenters. The zero-order valence-corrected chi connectivity index (χ0v) is 8.82. The summed E-state index contributed by atoms with van der Waals surface area (Å²) >= 11 is 1.30. The first-order valence-corrected chi connectivity index (χ1v) is 5.13. The van der Waals surface area contributed by atoms with E-state index in [1.807, 2.05) is 12.1 Å². The summed E-state index contributed by atoms with van der Waals surface area (Å²) in [6.07, 6.45) is 0.730. The maximum atomic E-state index is 10.5. The van der Waals surface area contributed by atoms with Crippen LogP contribution in [0.2, 0.25) is 0 Å². The third-order valence-electron chi connectivity index (χ3n) is 1.82. The Labute approximate surface area is 90.6 Å². The van der Waals surface area contributed by atoms with E-state index in [-0.39, 0.29) is 0 Å². The van der Waals surface area contributed by atoms with Gasteiger partial charge < -0.3 is 4.74 Å². The highest BCUT2D eigenvalue weighted by Crippen LogP contribution is 2.21. The molecule has 0 saturated carbocycles. The molecule has 0 aliphatic rings. The van der Waals surface area contributed by atoms with Crippen molar-refractivity contribution < 1.29 is 9.53 Å². The van der Waals surface area contributed by atoms with E-state index in [0.717, 1.165) is 6.29 Å². The Morgan fingerprint density at radius 1 is 1.33 bits per heavy atom. The number of pyridine rings is 1. The number of thiazole rings is 1. The summed E-state index contributed by atoms with van der Waals surface area (Å²) < 4.78 is 5.00. The van der Waals surface area contributed by atoms with Crippen LogP contribution in [-0.2, 0) is 0 Å².